The Balaban J connectivity index is 4.29. The third kappa shape index (κ3) is 9.17. The molecule has 0 aliphatic carbocycles. The van der Waals surface area contributed by atoms with E-state index in [1.54, 1.807) is 0 Å². The van der Waals surface area contributed by atoms with E-state index in [0.717, 1.165) is 0 Å². The molecule has 0 aromatic carbocycles. The molecule has 0 radical (unpaired) electrons. The molecular formula is C13H25N3O4S. The van der Waals surface area contributed by atoms with Crippen molar-refractivity contribution in [2.24, 2.45) is 5.92 Å². The highest BCUT2D eigenvalue weighted by Gasteiger charge is 2.22. The van der Waals surface area contributed by atoms with Gasteiger partial charge in [0, 0.05) is 13.6 Å². The van der Waals surface area contributed by atoms with Crippen LogP contribution in [0.25, 0.3) is 0 Å². The maximum atomic E-state index is 11.9. The lowest BCUT2D eigenvalue weighted by atomic mass is 10.2. The number of carboxylic acid groups (broad SMARTS) is 1. The molecule has 3 N–H and O–H groups in total. The number of hydrogen-bond acceptors (Lipinski definition) is 4. The Kier molecular flexibility index (Phi) is 9.60. The molecule has 0 fully saturated rings. The molecule has 0 heterocycles. The van der Waals surface area contributed by atoms with E-state index < -0.39 is 18.0 Å². The van der Waals surface area contributed by atoms with Crippen molar-refractivity contribution in [3.8, 4) is 0 Å². The standard InChI is InChI=1S/C13H25N3O4S/c1-9(2)7-14-11(17)8-16(3)13(20)15-10(12(18)19)5-6-21-4/h9-10H,5-8H2,1-4H3,(H,14,17)(H,15,20)(H,18,19)/t10-/m0/s1. The van der Waals surface area contributed by atoms with Crippen LogP contribution < -0.4 is 10.6 Å². The van der Waals surface area contributed by atoms with Gasteiger partial charge in [-0.25, -0.2) is 9.59 Å². The Hall–Kier alpha value is -1.44. The van der Waals surface area contributed by atoms with E-state index in [0.29, 0.717) is 24.6 Å². The van der Waals surface area contributed by atoms with Crippen LogP contribution in [-0.2, 0) is 9.59 Å². The maximum Gasteiger partial charge on any atom is 0.326 e. The largest absolute Gasteiger partial charge is 0.480 e. The highest BCUT2D eigenvalue weighted by atomic mass is 32.2. The van der Waals surface area contributed by atoms with Crippen LogP contribution in [0.1, 0.15) is 20.3 Å². The predicted molar refractivity (Wildman–Crippen MR) is 83.4 cm³/mol. The van der Waals surface area contributed by atoms with Gasteiger partial charge in [0.05, 0.1) is 0 Å². The molecule has 0 spiro atoms. The van der Waals surface area contributed by atoms with Gasteiger partial charge in [0.2, 0.25) is 5.91 Å². The van der Waals surface area contributed by atoms with E-state index in [2.05, 4.69) is 10.6 Å². The van der Waals surface area contributed by atoms with Crippen LogP contribution in [0.15, 0.2) is 0 Å². The van der Waals surface area contributed by atoms with Gasteiger partial charge in [-0.3, -0.25) is 4.79 Å². The summed E-state index contributed by atoms with van der Waals surface area (Å²) in [4.78, 5) is 35.7. The SMILES string of the molecule is CSCC[C@H](NC(=O)N(C)CC(=O)NCC(C)C)C(=O)O. The van der Waals surface area contributed by atoms with Crippen LogP contribution in [0.5, 0.6) is 0 Å². The number of carbonyl (C=O) groups is 3. The average molecular weight is 319 g/mol. The van der Waals surface area contributed by atoms with E-state index in [1.807, 2.05) is 20.1 Å². The highest BCUT2D eigenvalue weighted by molar-refractivity contribution is 7.98. The zero-order chi connectivity index (χ0) is 16.4. The van der Waals surface area contributed by atoms with Crippen LogP contribution in [0.2, 0.25) is 0 Å². The number of thioether (sulfide) groups is 1. The zero-order valence-corrected chi connectivity index (χ0v) is 13.8. The number of nitrogens with one attached hydrogen (secondary N) is 2. The van der Waals surface area contributed by atoms with Crippen LogP contribution in [0.3, 0.4) is 0 Å². The minimum Gasteiger partial charge on any atom is -0.480 e. The van der Waals surface area contributed by atoms with Crippen LogP contribution in [0, 0.1) is 5.92 Å². The van der Waals surface area contributed by atoms with Crippen molar-refractivity contribution in [1.82, 2.24) is 15.5 Å². The van der Waals surface area contributed by atoms with Gasteiger partial charge in [-0.05, 0) is 24.3 Å². The number of carbonyl (C=O) groups excluding carboxylic acids is 2. The monoisotopic (exact) mass is 319 g/mol. The van der Waals surface area contributed by atoms with Crippen LogP contribution in [-0.4, -0.2) is 66.1 Å². The van der Waals surface area contributed by atoms with Crippen LogP contribution >= 0.6 is 11.8 Å². The second-order valence-electron chi connectivity index (χ2n) is 5.18. The Morgan fingerprint density at radius 2 is 1.90 bits per heavy atom. The number of urea groups is 1. The Morgan fingerprint density at radius 1 is 1.29 bits per heavy atom. The zero-order valence-electron chi connectivity index (χ0n) is 13.0. The van der Waals surface area contributed by atoms with Crippen molar-refractivity contribution in [3.63, 3.8) is 0 Å². The molecule has 0 aromatic rings. The van der Waals surface area contributed by atoms with Crippen molar-refractivity contribution in [3.05, 3.63) is 0 Å². The minimum atomic E-state index is -1.07. The second kappa shape index (κ2) is 10.3. The van der Waals surface area contributed by atoms with Crippen molar-refractivity contribution < 1.29 is 19.5 Å². The van der Waals surface area contributed by atoms with Gasteiger partial charge in [-0.15, -0.1) is 0 Å². The summed E-state index contributed by atoms with van der Waals surface area (Å²) >= 11 is 1.51. The summed E-state index contributed by atoms with van der Waals surface area (Å²) in [6.45, 7) is 4.38. The molecule has 7 nitrogen and oxygen atoms in total. The summed E-state index contributed by atoms with van der Waals surface area (Å²) < 4.78 is 0. The Bertz CT molecular complexity index is 363. The van der Waals surface area contributed by atoms with Crippen molar-refractivity contribution >= 4 is 29.7 Å². The molecule has 0 aromatic heterocycles. The predicted octanol–water partition coefficient (Wildman–Crippen LogP) is 0.606. The van der Waals surface area contributed by atoms with Crippen molar-refractivity contribution in [1.29, 1.82) is 0 Å². The molecule has 1 atom stereocenters. The topological polar surface area (TPSA) is 98.7 Å². The van der Waals surface area contributed by atoms with E-state index >= 15 is 0 Å². The van der Waals surface area contributed by atoms with Gasteiger partial charge < -0.3 is 20.6 Å². The van der Waals surface area contributed by atoms with Crippen molar-refractivity contribution in [2.75, 3.05) is 32.1 Å². The summed E-state index contributed by atoms with van der Waals surface area (Å²) in [6.07, 6.45) is 2.21. The molecule has 0 rings (SSSR count). The third-order valence-corrected chi connectivity index (χ3v) is 3.29. The van der Waals surface area contributed by atoms with Crippen molar-refractivity contribution in [2.45, 2.75) is 26.3 Å². The molecule has 0 aliphatic heterocycles. The maximum absolute atomic E-state index is 11.9. The number of nitrogens with zero attached hydrogens (tertiary/aromatic N) is 1. The third-order valence-electron chi connectivity index (χ3n) is 2.64. The van der Waals surface area contributed by atoms with Gasteiger partial charge >= 0.3 is 12.0 Å². The fourth-order valence-corrected chi connectivity index (χ4v) is 1.88. The summed E-state index contributed by atoms with van der Waals surface area (Å²) in [5, 5.41) is 14.1. The quantitative estimate of drug-likeness (QED) is 0.578. The molecule has 0 saturated heterocycles. The number of carboxylic acids is 1. The van der Waals surface area contributed by atoms with Gasteiger partial charge in [0.15, 0.2) is 0 Å². The molecule has 0 unspecified atom stereocenters. The number of aliphatic carboxylic acids is 1. The van der Waals surface area contributed by atoms with Gasteiger partial charge in [0.25, 0.3) is 0 Å². The summed E-state index contributed by atoms with van der Waals surface area (Å²) in [5.41, 5.74) is 0. The van der Waals surface area contributed by atoms with E-state index in [9.17, 15) is 14.4 Å². The van der Waals surface area contributed by atoms with E-state index in [-0.39, 0.29) is 12.5 Å². The summed E-state index contributed by atoms with van der Waals surface area (Å²) in [5.74, 6) is -0.376. The van der Waals surface area contributed by atoms with Gasteiger partial charge in [-0.2, -0.15) is 11.8 Å². The summed E-state index contributed by atoms with van der Waals surface area (Å²) in [6, 6.07) is -1.51. The molecular weight excluding hydrogens is 294 g/mol. The van der Waals surface area contributed by atoms with Gasteiger partial charge in [0.1, 0.15) is 12.6 Å². The van der Waals surface area contributed by atoms with Gasteiger partial charge in [-0.1, -0.05) is 13.8 Å². The molecule has 3 amide bonds. The number of likely N-dealkylation sites (N-methyl/N-ethyl adjacent to an activating group) is 1. The molecule has 0 bridgehead atoms. The molecule has 21 heavy (non-hydrogen) atoms. The van der Waals surface area contributed by atoms with Crippen LogP contribution in [0.4, 0.5) is 4.79 Å². The molecule has 0 aliphatic rings. The van der Waals surface area contributed by atoms with E-state index in [4.69, 9.17) is 5.11 Å². The Morgan fingerprint density at radius 3 is 2.38 bits per heavy atom. The minimum absolute atomic E-state index is 0.104. The first-order valence-corrected chi connectivity index (χ1v) is 8.17. The lowest BCUT2D eigenvalue weighted by Crippen LogP contribution is -2.49. The average Bonchev–Trinajstić information content (AvgIpc) is 2.40. The first-order valence-electron chi connectivity index (χ1n) is 6.78. The fourth-order valence-electron chi connectivity index (χ4n) is 1.41. The normalized spacial score (nSPS) is 11.9. The smallest absolute Gasteiger partial charge is 0.326 e. The number of rotatable bonds is 9. The lowest BCUT2D eigenvalue weighted by Gasteiger charge is -2.21. The first kappa shape index (κ1) is 19.6. The number of hydrogen-bond donors (Lipinski definition) is 3. The molecule has 122 valence electrons. The van der Waals surface area contributed by atoms with E-state index in [1.165, 1.54) is 23.7 Å². The number of amides is 3. The first-order chi connectivity index (χ1) is 9.77. The molecule has 8 heteroatoms. The fraction of sp³-hybridized carbons (Fsp3) is 0.769. The highest BCUT2D eigenvalue weighted by Crippen LogP contribution is 2.01. The lowest BCUT2D eigenvalue weighted by molar-refractivity contribution is -0.139. The second-order valence-corrected chi connectivity index (χ2v) is 6.16. The Labute approximate surface area is 129 Å². The summed E-state index contributed by atoms with van der Waals surface area (Å²) in [7, 11) is 1.46. The molecule has 0 saturated carbocycles.